The first-order valence-electron chi connectivity index (χ1n) is 8.67. The number of benzene rings is 1. The molecule has 2 aliphatic heterocycles. The molecule has 2 aliphatic rings. The van der Waals surface area contributed by atoms with Gasteiger partial charge in [0, 0.05) is 25.2 Å². The Labute approximate surface area is 161 Å². The van der Waals surface area contributed by atoms with E-state index in [0.29, 0.717) is 30.7 Å². The zero-order valence-corrected chi connectivity index (χ0v) is 15.0. The van der Waals surface area contributed by atoms with E-state index in [1.165, 1.54) is 18.5 Å². The van der Waals surface area contributed by atoms with Crippen LogP contribution in [0.15, 0.2) is 27.4 Å². The van der Waals surface area contributed by atoms with E-state index in [4.69, 9.17) is 20.4 Å². The molecule has 7 nitrogen and oxygen atoms in total. The number of oxazole rings is 2. The van der Waals surface area contributed by atoms with Crippen LogP contribution >= 0.6 is 11.6 Å². The SMILES string of the molecule is FC(F)(F)Oc1c(Cl)cc(-c2ncco2)c2oc(N3CC4CCC(C3)N4)nc12. The summed E-state index contributed by atoms with van der Waals surface area (Å²) in [5.41, 5.74) is 0.252. The first-order chi connectivity index (χ1) is 13.4. The predicted molar refractivity (Wildman–Crippen MR) is 93.4 cm³/mol. The molecule has 2 saturated heterocycles. The number of alkyl halides is 3. The lowest BCUT2D eigenvalue weighted by molar-refractivity contribution is -0.274. The van der Waals surface area contributed by atoms with Gasteiger partial charge >= 0.3 is 6.36 Å². The Morgan fingerprint density at radius 1 is 1.25 bits per heavy atom. The van der Waals surface area contributed by atoms with Gasteiger partial charge < -0.3 is 23.8 Å². The highest BCUT2D eigenvalue weighted by molar-refractivity contribution is 6.33. The van der Waals surface area contributed by atoms with E-state index in [-0.39, 0.29) is 28.0 Å². The van der Waals surface area contributed by atoms with E-state index in [1.807, 2.05) is 4.90 Å². The molecule has 2 atom stereocenters. The molecule has 2 unspecified atom stereocenters. The second-order valence-electron chi connectivity index (χ2n) is 6.84. The van der Waals surface area contributed by atoms with Crippen molar-refractivity contribution in [1.82, 2.24) is 15.3 Å². The highest BCUT2D eigenvalue weighted by Crippen LogP contribution is 2.43. The normalized spacial score (nSPS) is 22.2. The molecule has 2 fully saturated rings. The second-order valence-corrected chi connectivity index (χ2v) is 7.24. The van der Waals surface area contributed by atoms with Gasteiger partial charge in [0.15, 0.2) is 16.8 Å². The molecule has 4 heterocycles. The monoisotopic (exact) mass is 414 g/mol. The highest BCUT2D eigenvalue weighted by atomic mass is 35.5. The average Bonchev–Trinajstić information content (AvgIpc) is 3.36. The van der Waals surface area contributed by atoms with Crippen molar-refractivity contribution in [2.45, 2.75) is 31.3 Å². The van der Waals surface area contributed by atoms with E-state index in [0.717, 1.165) is 12.8 Å². The van der Waals surface area contributed by atoms with Crippen molar-refractivity contribution in [1.29, 1.82) is 0 Å². The number of hydrogen-bond acceptors (Lipinski definition) is 7. The maximum atomic E-state index is 12.9. The fraction of sp³-hybridized carbons (Fsp3) is 0.412. The molecule has 0 radical (unpaired) electrons. The zero-order valence-electron chi connectivity index (χ0n) is 14.3. The third-order valence-corrected chi connectivity index (χ3v) is 5.21. The molecule has 2 aromatic heterocycles. The summed E-state index contributed by atoms with van der Waals surface area (Å²) in [5, 5.41) is 3.21. The third kappa shape index (κ3) is 3.06. The number of hydrogen-bond donors (Lipinski definition) is 1. The van der Waals surface area contributed by atoms with Crippen molar-refractivity contribution in [3.8, 4) is 17.2 Å². The van der Waals surface area contributed by atoms with Crippen molar-refractivity contribution in [2.75, 3.05) is 18.0 Å². The van der Waals surface area contributed by atoms with Crippen LogP contribution in [0.5, 0.6) is 5.75 Å². The molecule has 1 N–H and O–H groups in total. The zero-order chi connectivity index (χ0) is 19.5. The smallest absolute Gasteiger partial charge is 0.444 e. The quantitative estimate of drug-likeness (QED) is 0.694. The Morgan fingerprint density at radius 2 is 2.00 bits per heavy atom. The van der Waals surface area contributed by atoms with Crippen LogP contribution in [0.1, 0.15) is 12.8 Å². The fourth-order valence-corrected chi connectivity index (χ4v) is 4.07. The highest BCUT2D eigenvalue weighted by Gasteiger charge is 2.37. The van der Waals surface area contributed by atoms with E-state index < -0.39 is 12.1 Å². The lowest BCUT2D eigenvalue weighted by atomic mass is 10.2. The van der Waals surface area contributed by atoms with Crippen LogP contribution in [-0.4, -0.2) is 41.5 Å². The number of rotatable bonds is 3. The van der Waals surface area contributed by atoms with Gasteiger partial charge in [0.1, 0.15) is 6.26 Å². The topological polar surface area (TPSA) is 76.6 Å². The summed E-state index contributed by atoms with van der Waals surface area (Å²) < 4.78 is 54.0. The first-order valence-corrected chi connectivity index (χ1v) is 9.05. The van der Waals surface area contributed by atoms with Gasteiger partial charge in [0.05, 0.1) is 16.8 Å². The Morgan fingerprint density at radius 3 is 2.64 bits per heavy atom. The summed E-state index contributed by atoms with van der Waals surface area (Å²) in [4.78, 5) is 10.3. The summed E-state index contributed by atoms with van der Waals surface area (Å²) in [6.45, 7) is 1.31. The number of halogens is 4. The van der Waals surface area contributed by atoms with E-state index in [9.17, 15) is 13.2 Å². The van der Waals surface area contributed by atoms with Crippen molar-refractivity contribution in [3.05, 3.63) is 23.5 Å². The van der Waals surface area contributed by atoms with Crippen molar-refractivity contribution in [2.24, 2.45) is 0 Å². The molecule has 28 heavy (non-hydrogen) atoms. The van der Waals surface area contributed by atoms with Crippen LogP contribution in [0.2, 0.25) is 5.02 Å². The predicted octanol–water partition coefficient (Wildman–Crippen LogP) is 3.98. The molecular weight excluding hydrogens is 401 g/mol. The maximum Gasteiger partial charge on any atom is 0.573 e. The molecule has 1 aromatic carbocycles. The van der Waals surface area contributed by atoms with E-state index >= 15 is 0 Å². The largest absolute Gasteiger partial charge is 0.573 e. The maximum absolute atomic E-state index is 12.9. The molecule has 3 aromatic rings. The van der Waals surface area contributed by atoms with Crippen molar-refractivity contribution < 1.29 is 26.7 Å². The number of nitrogens with zero attached hydrogens (tertiary/aromatic N) is 3. The van der Waals surface area contributed by atoms with Crippen molar-refractivity contribution >= 4 is 28.7 Å². The van der Waals surface area contributed by atoms with Crippen LogP contribution < -0.4 is 15.0 Å². The molecule has 0 spiro atoms. The minimum Gasteiger partial charge on any atom is -0.444 e. The summed E-state index contributed by atoms with van der Waals surface area (Å²) in [6, 6.07) is 2.09. The molecule has 0 saturated carbocycles. The van der Waals surface area contributed by atoms with Crippen LogP contribution in [-0.2, 0) is 0 Å². The first kappa shape index (κ1) is 17.6. The van der Waals surface area contributed by atoms with Gasteiger partial charge in [-0.2, -0.15) is 4.98 Å². The third-order valence-electron chi connectivity index (χ3n) is 4.93. The molecule has 11 heteroatoms. The number of anilines is 1. The van der Waals surface area contributed by atoms with Crippen molar-refractivity contribution in [3.63, 3.8) is 0 Å². The van der Waals surface area contributed by atoms with Gasteiger partial charge in [-0.3, -0.25) is 0 Å². The van der Waals surface area contributed by atoms with Crippen LogP contribution in [0.3, 0.4) is 0 Å². The van der Waals surface area contributed by atoms with Crippen LogP contribution in [0.4, 0.5) is 19.2 Å². The van der Waals surface area contributed by atoms with Gasteiger partial charge in [-0.25, -0.2) is 4.98 Å². The minimum atomic E-state index is -4.92. The Kier molecular flexibility index (Phi) is 3.95. The minimum absolute atomic E-state index is 0.0759. The van der Waals surface area contributed by atoms with Gasteiger partial charge in [-0.1, -0.05) is 11.6 Å². The average molecular weight is 415 g/mol. The molecule has 5 rings (SSSR count). The lowest BCUT2D eigenvalue weighted by Gasteiger charge is -2.31. The summed E-state index contributed by atoms with van der Waals surface area (Å²) in [5.74, 6) is -0.443. The van der Waals surface area contributed by atoms with E-state index in [2.05, 4.69) is 20.0 Å². The Hall–Kier alpha value is -2.46. The number of piperazine rings is 1. The Balaban J connectivity index is 1.65. The van der Waals surface area contributed by atoms with Crippen LogP contribution in [0.25, 0.3) is 22.6 Å². The van der Waals surface area contributed by atoms with Gasteiger partial charge in [0.2, 0.25) is 5.89 Å². The number of ether oxygens (including phenoxy) is 1. The van der Waals surface area contributed by atoms with Gasteiger partial charge in [0.25, 0.3) is 6.01 Å². The summed E-state index contributed by atoms with van der Waals surface area (Å²) >= 11 is 6.08. The lowest BCUT2D eigenvalue weighted by Crippen LogP contribution is -2.51. The standard InChI is InChI=1S/C17H14ClF3N4O3/c18-11-5-10(15-22-3-4-26-15)13-12(14(11)28-17(19,20)21)24-16(27-13)25-6-8-1-2-9(7-25)23-8/h3-5,8-9,23H,1-2,6-7H2. The molecule has 148 valence electrons. The number of aromatic nitrogens is 2. The molecule has 2 bridgehead atoms. The number of nitrogens with one attached hydrogen (secondary N) is 1. The van der Waals surface area contributed by atoms with Crippen LogP contribution in [0, 0.1) is 0 Å². The van der Waals surface area contributed by atoms with E-state index in [1.54, 1.807) is 0 Å². The van der Waals surface area contributed by atoms with Gasteiger partial charge in [-0.15, -0.1) is 13.2 Å². The molecule has 0 amide bonds. The summed E-state index contributed by atoms with van der Waals surface area (Å²) in [6.07, 6.45) is -0.0797. The van der Waals surface area contributed by atoms with Gasteiger partial charge in [-0.05, 0) is 18.9 Å². The second kappa shape index (κ2) is 6.28. The summed E-state index contributed by atoms with van der Waals surface area (Å²) in [7, 11) is 0. The molecular formula is C17H14ClF3N4O3. The number of fused-ring (bicyclic) bond motifs is 3. The Bertz CT molecular complexity index is 1010. The molecule has 0 aliphatic carbocycles. The fourth-order valence-electron chi connectivity index (χ4n) is 3.83.